The topological polar surface area (TPSA) is 107 Å². The van der Waals surface area contributed by atoms with Crippen LogP contribution in [0.5, 0.6) is 5.75 Å². The maximum Gasteiger partial charge on any atom is 0.341 e. The van der Waals surface area contributed by atoms with Gasteiger partial charge >= 0.3 is 5.97 Å². The summed E-state index contributed by atoms with van der Waals surface area (Å²) in [6.07, 6.45) is 3.06. The fraction of sp³-hybridized carbons (Fsp3) is 0.310. The van der Waals surface area contributed by atoms with E-state index in [1.807, 2.05) is 59.2 Å². The molecule has 40 heavy (non-hydrogen) atoms. The second kappa shape index (κ2) is 13.0. The van der Waals surface area contributed by atoms with Crippen LogP contribution in [0.3, 0.4) is 0 Å². The van der Waals surface area contributed by atoms with Crippen LogP contribution in [0.25, 0.3) is 5.69 Å². The Kier molecular flexibility index (Phi) is 9.02. The number of nitrogens with zero attached hydrogens (tertiary/aromatic N) is 3. The molecule has 0 bridgehead atoms. The van der Waals surface area contributed by atoms with Crippen LogP contribution < -0.4 is 15.4 Å². The molecule has 2 N–H and O–H groups in total. The third-order valence-corrected chi connectivity index (χ3v) is 8.61. The SMILES string of the molecule is CCOC(=O)c1c(NC(=O)CCSc2nnc(CNc3ccccc3OC)n2-c2ccccc2)sc2c1CCC2. The number of thioether (sulfide) groups is 1. The third-order valence-electron chi connectivity index (χ3n) is 6.47. The van der Waals surface area contributed by atoms with Crippen molar-refractivity contribution in [2.75, 3.05) is 30.1 Å². The molecule has 0 saturated heterocycles. The van der Waals surface area contributed by atoms with Gasteiger partial charge in [-0.3, -0.25) is 9.36 Å². The van der Waals surface area contributed by atoms with Gasteiger partial charge in [0.1, 0.15) is 10.8 Å². The number of aromatic nitrogens is 3. The van der Waals surface area contributed by atoms with Gasteiger partial charge in [0.2, 0.25) is 5.91 Å². The van der Waals surface area contributed by atoms with E-state index in [0.29, 0.717) is 34.6 Å². The predicted octanol–water partition coefficient (Wildman–Crippen LogP) is 5.74. The second-order valence-electron chi connectivity index (χ2n) is 9.05. The van der Waals surface area contributed by atoms with Gasteiger partial charge in [-0.05, 0) is 56.0 Å². The molecule has 5 rings (SSSR count). The number of methoxy groups -OCH3 is 1. The first-order valence-corrected chi connectivity index (χ1v) is 15.0. The highest BCUT2D eigenvalue weighted by atomic mass is 32.2. The first-order chi connectivity index (χ1) is 19.6. The number of benzene rings is 2. The van der Waals surface area contributed by atoms with Crippen LogP contribution in [0, 0.1) is 0 Å². The Hall–Kier alpha value is -3.83. The Bertz CT molecular complexity index is 1490. The lowest BCUT2D eigenvalue weighted by Crippen LogP contribution is -2.15. The highest BCUT2D eigenvalue weighted by Crippen LogP contribution is 2.39. The van der Waals surface area contributed by atoms with Crippen LogP contribution in [0.4, 0.5) is 10.7 Å². The minimum absolute atomic E-state index is 0.151. The number of aryl methyl sites for hydroxylation is 1. The predicted molar refractivity (Wildman–Crippen MR) is 158 cm³/mol. The molecule has 4 aromatic rings. The van der Waals surface area contributed by atoms with Crippen LogP contribution in [0.15, 0.2) is 59.8 Å². The largest absolute Gasteiger partial charge is 0.495 e. The molecule has 0 unspecified atom stereocenters. The van der Waals surface area contributed by atoms with Crippen LogP contribution in [-0.2, 0) is 28.9 Å². The summed E-state index contributed by atoms with van der Waals surface area (Å²) in [4.78, 5) is 26.7. The Balaban J connectivity index is 1.26. The molecule has 0 atom stereocenters. The molecule has 208 valence electrons. The van der Waals surface area contributed by atoms with Gasteiger partial charge < -0.3 is 20.1 Å². The van der Waals surface area contributed by atoms with E-state index in [4.69, 9.17) is 9.47 Å². The van der Waals surface area contributed by atoms with Crippen molar-refractivity contribution in [3.8, 4) is 11.4 Å². The maximum absolute atomic E-state index is 12.9. The van der Waals surface area contributed by atoms with Crippen molar-refractivity contribution in [3.05, 3.63) is 76.4 Å². The number of para-hydroxylation sites is 3. The third kappa shape index (κ3) is 6.15. The van der Waals surface area contributed by atoms with Crippen LogP contribution in [-0.4, -0.2) is 46.1 Å². The fourth-order valence-corrected chi connectivity index (χ4v) is 6.85. The number of thiophene rings is 1. The number of ether oxygens (including phenoxy) is 2. The van der Waals surface area contributed by atoms with E-state index in [1.165, 1.54) is 23.1 Å². The molecule has 11 heteroatoms. The zero-order valence-corrected chi connectivity index (χ0v) is 24.1. The Morgan fingerprint density at radius 2 is 1.88 bits per heavy atom. The van der Waals surface area contributed by atoms with E-state index in [1.54, 1.807) is 14.0 Å². The van der Waals surface area contributed by atoms with Gasteiger partial charge in [0.25, 0.3) is 0 Å². The molecule has 2 aromatic heterocycles. The monoisotopic (exact) mass is 577 g/mol. The van der Waals surface area contributed by atoms with Gasteiger partial charge in [-0.25, -0.2) is 4.79 Å². The molecule has 0 radical (unpaired) electrons. The summed E-state index contributed by atoms with van der Waals surface area (Å²) in [5.74, 6) is 1.46. The van der Waals surface area contributed by atoms with Gasteiger partial charge in [0.05, 0.1) is 31.5 Å². The lowest BCUT2D eigenvalue weighted by Gasteiger charge is -2.13. The number of nitrogens with one attached hydrogen (secondary N) is 2. The number of amides is 1. The lowest BCUT2D eigenvalue weighted by atomic mass is 10.1. The van der Waals surface area contributed by atoms with E-state index in [0.717, 1.165) is 52.7 Å². The highest BCUT2D eigenvalue weighted by Gasteiger charge is 2.28. The maximum atomic E-state index is 12.9. The van der Waals surface area contributed by atoms with Gasteiger partial charge in [-0.2, -0.15) is 0 Å². The minimum Gasteiger partial charge on any atom is -0.495 e. The van der Waals surface area contributed by atoms with E-state index >= 15 is 0 Å². The molecule has 2 aromatic carbocycles. The number of fused-ring (bicyclic) bond motifs is 1. The Morgan fingerprint density at radius 3 is 2.67 bits per heavy atom. The molecular weight excluding hydrogens is 546 g/mol. The normalized spacial score (nSPS) is 12.2. The van der Waals surface area contributed by atoms with E-state index in [9.17, 15) is 9.59 Å². The average molecular weight is 578 g/mol. The second-order valence-corrected chi connectivity index (χ2v) is 11.2. The number of anilines is 2. The van der Waals surface area contributed by atoms with Crippen LogP contribution >= 0.6 is 23.1 Å². The van der Waals surface area contributed by atoms with E-state index in [2.05, 4.69) is 20.8 Å². The summed E-state index contributed by atoms with van der Waals surface area (Å²) >= 11 is 2.95. The molecule has 0 saturated carbocycles. The molecule has 1 aliphatic rings. The van der Waals surface area contributed by atoms with Gasteiger partial charge in [0.15, 0.2) is 11.0 Å². The average Bonchev–Trinajstić information content (AvgIpc) is 3.67. The Labute approximate surface area is 241 Å². The van der Waals surface area contributed by atoms with E-state index < -0.39 is 0 Å². The lowest BCUT2D eigenvalue weighted by molar-refractivity contribution is -0.115. The zero-order chi connectivity index (χ0) is 27.9. The minimum atomic E-state index is -0.364. The van der Waals surface area contributed by atoms with E-state index in [-0.39, 0.29) is 18.3 Å². The number of carbonyl (C=O) groups excluding carboxylic acids is 2. The molecular formula is C29H31N5O4S2. The number of rotatable bonds is 12. The standard InChI is InChI=1S/C29H31N5O4S2/c1-3-38-28(36)26-20-12-9-15-23(20)40-27(26)31-25(35)16-17-39-29-33-32-24(34(29)19-10-5-4-6-11-19)18-30-21-13-7-8-14-22(21)37-2/h4-8,10-11,13-14,30H,3,9,12,15-18H2,1-2H3,(H,31,35). The molecule has 0 aliphatic heterocycles. The summed E-state index contributed by atoms with van der Waals surface area (Å²) in [7, 11) is 1.64. The van der Waals surface area contributed by atoms with Crippen molar-refractivity contribution in [3.63, 3.8) is 0 Å². The highest BCUT2D eigenvalue weighted by molar-refractivity contribution is 7.99. The van der Waals surface area contributed by atoms with Crippen molar-refractivity contribution in [2.24, 2.45) is 0 Å². The Morgan fingerprint density at radius 1 is 1.07 bits per heavy atom. The summed E-state index contributed by atoms with van der Waals surface area (Å²) in [5, 5.41) is 16.5. The summed E-state index contributed by atoms with van der Waals surface area (Å²) in [6, 6.07) is 17.6. The molecule has 9 nitrogen and oxygen atoms in total. The van der Waals surface area contributed by atoms with Crippen molar-refractivity contribution >= 4 is 45.7 Å². The first kappa shape index (κ1) is 27.7. The van der Waals surface area contributed by atoms with Crippen molar-refractivity contribution < 1.29 is 19.1 Å². The number of carbonyl (C=O) groups is 2. The molecule has 1 aliphatic carbocycles. The van der Waals surface area contributed by atoms with Gasteiger partial charge in [0, 0.05) is 22.7 Å². The van der Waals surface area contributed by atoms with Gasteiger partial charge in [-0.15, -0.1) is 21.5 Å². The zero-order valence-electron chi connectivity index (χ0n) is 22.4. The first-order valence-electron chi connectivity index (χ1n) is 13.2. The summed E-state index contributed by atoms with van der Waals surface area (Å²) in [6.45, 7) is 2.52. The number of hydrogen-bond acceptors (Lipinski definition) is 9. The quantitative estimate of drug-likeness (QED) is 0.162. The fourth-order valence-electron chi connectivity index (χ4n) is 4.65. The van der Waals surface area contributed by atoms with Crippen LogP contribution in [0.1, 0.15) is 46.4 Å². The molecule has 0 spiro atoms. The number of hydrogen-bond donors (Lipinski definition) is 2. The number of esters is 1. The van der Waals surface area contributed by atoms with Crippen molar-refractivity contribution in [1.29, 1.82) is 0 Å². The molecule has 2 heterocycles. The summed E-state index contributed by atoms with van der Waals surface area (Å²) < 4.78 is 12.7. The molecule has 0 fully saturated rings. The van der Waals surface area contributed by atoms with Crippen molar-refractivity contribution in [1.82, 2.24) is 14.8 Å². The van der Waals surface area contributed by atoms with Crippen molar-refractivity contribution in [2.45, 2.75) is 44.3 Å². The van der Waals surface area contributed by atoms with Gasteiger partial charge in [-0.1, -0.05) is 42.1 Å². The smallest absolute Gasteiger partial charge is 0.341 e. The molecule has 1 amide bonds. The van der Waals surface area contributed by atoms with Crippen LogP contribution in [0.2, 0.25) is 0 Å². The summed E-state index contributed by atoms with van der Waals surface area (Å²) in [5.41, 5.74) is 3.35.